The van der Waals surface area contributed by atoms with E-state index in [-0.39, 0.29) is 5.91 Å². The van der Waals surface area contributed by atoms with E-state index in [9.17, 15) is 4.79 Å². The van der Waals surface area contributed by atoms with Gasteiger partial charge in [0.1, 0.15) is 15.8 Å². The molecule has 20 heavy (non-hydrogen) atoms. The normalized spacial score (nSPS) is 16.8. The third-order valence-electron chi connectivity index (χ3n) is 2.68. The number of nitrogens with one attached hydrogen (secondary N) is 1. The third kappa shape index (κ3) is 2.72. The summed E-state index contributed by atoms with van der Waals surface area (Å²) in [6.07, 6.45) is 1.69. The molecular formula is C14H8BrNO2S2. The van der Waals surface area contributed by atoms with E-state index < -0.39 is 0 Å². The Morgan fingerprint density at radius 1 is 1.25 bits per heavy atom. The first-order chi connectivity index (χ1) is 9.63. The first kappa shape index (κ1) is 13.6. The van der Waals surface area contributed by atoms with Crippen LogP contribution in [0.2, 0.25) is 0 Å². The lowest BCUT2D eigenvalue weighted by molar-refractivity contribution is -0.115. The fourth-order valence-electron chi connectivity index (χ4n) is 1.79. The molecule has 0 unspecified atom stereocenters. The average Bonchev–Trinajstić information content (AvgIpc) is 2.98. The average molecular weight is 366 g/mol. The Bertz CT molecular complexity index is 736. The Kier molecular flexibility index (Phi) is 3.78. The van der Waals surface area contributed by atoms with Crippen molar-refractivity contribution < 1.29 is 9.21 Å². The summed E-state index contributed by atoms with van der Waals surface area (Å²) in [5, 5.41) is 2.57. The minimum Gasteiger partial charge on any atom is -0.457 e. The molecule has 0 atom stereocenters. The van der Waals surface area contributed by atoms with Crippen LogP contribution in [0, 0.1) is 0 Å². The van der Waals surface area contributed by atoms with Crippen molar-refractivity contribution in [3.8, 4) is 11.3 Å². The highest BCUT2D eigenvalue weighted by Crippen LogP contribution is 2.31. The van der Waals surface area contributed by atoms with Crippen molar-refractivity contribution in [1.29, 1.82) is 0 Å². The highest BCUT2D eigenvalue weighted by molar-refractivity contribution is 9.10. The molecule has 1 N–H and O–H groups in total. The molecule has 1 aliphatic rings. The lowest BCUT2D eigenvalue weighted by Crippen LogP contribution is -2.17. The van der Waals surface area contributed by atoms with Gasteiger partial charge < -0.3 is 9.73 Å². The van der Waals surface area contributed by atoms with E-state index in [2.05, 4.69) is 21.2 Å². The molecule has 1 aromatic heterocycles. The van der Waals surface area contributed by atoms with Crippen LogP contribution in [-0.4, -0.2) is 10.2 Å². The van der Waals surface area contributed by atoms with Crippen molar-refractivity contribution in [2.24, 2.45) is 0 Å². The summed E-state index contributed by atoms with van der Waals surface area (Å²) >= 11 is 9.67. The standard InChI is InChI=1S/C14H8BrNO2S2/c15-10-4-2-1-3-9(10)11-6-5-8(18-11)7-12-13(17)16-14(19)20-12/h1-7H,(H,16,17,19)/b12-7-. The van der Waals surface area contributed by atoms with Crippen LogP contribution in [0.3, 0.4) is 0 Å². The van der Waals surface area contributed by atoms with Gasteiger partial charge in [-0.15, -0.1) is 0 Å². The molecule has 100 valence electrons. The van der Waals surface area contributed by atoms with E-state index in [1.54, 1.807) is 6.08 Å². The zero-order valence-electron chi connectivity index (χ0n) is 10.1. The van der Waals surface area contributed by atoms with Crippen molar-refractivity contribution in [2.45, 2.75) is 0 Å². The number of carbonyl (C=O) groups excluding carboxylic acids is 1. The quantitative estimate of drug-likeness (QED) is 0.639. The Balaban J connectivity index is 1.92. The van der Waals surface area contributed by atoms with Crippen LogP contribution in [0.4, 0.5) is 0 Å². The fraction of sp³-hybridized carbons (Fsp3) is 0. The number of thioether (sulfide) groups is 1. The van der Waals surface area contributed by atoms with Gasteiger partial charge >= 0.3 is 0 Å². The van der Waals surface area contributed by atoms with Crippen LogP contribution in [0.1, 0.15) is 5.76 Å². The van der Waals surface area contributed by atoms with Gasteiger partial charge in [0.15, 0.2) is 0 Å². The Labute approximate surface area is 133 Å². The maximum absolute atomic E-state index is 11.6. The molecule has 0 bridgehead atoms. The van der Waals surface area contributed by atoms with E-state index in [1.807, 2.05) is 36.4 Å². The number of hydrogen-bond acceptors (Lipinski definition) is 4. The molecule has 2 heterocycles. The Hall–Kier alpha value is -1.37. The molecule has 3 nitrogen and oxygen atoms in total. The van der Waals surface area contributed by atoms with Crippen molar-refractivity contribution in [2.75, 3.05) is 0 Å². The van der Waals surface area contributed by atoms with Gasteiger partial charge in [-0.25, -0.2) is 0 Å². The molecule has 3 rings (SSSR count). The minimum atomic E-state index is -0.182. The highest BCUT2D eigenvalue weighted by Gasteiger charge is 2.22. The second-order valence-corrected chi connectivity index (χ2v) is 6.61. The molecular weight excluding hydrogens is 358 g/mol. The first-order valence-corrected chi connectivity index (χ1v) is 7.75. The molecule has 1 amide bonds. The molecule has 0 spiro atoms. The monoisotopic (exact) mass is 365 g/mol. The number of furan rings is 1. The lowest BCUT2D eigenvalue weighted by atomic mass is 10.2. The summed E-state index contributed by atoms with van der Waals surface area (Å²) in [7, 11) is 0. The molecule has 1 aliphatic heterocycles. The second kappa shape index (κ2) is 5.55. The number of benzene rings is 1. The van der Waals surface area contributed by atoms with Crippen LogP contribution in [0.25, 0.3) is 17.4 Å². The summed E-state index contributed by atoms with van der Waals surface area (Å²) in [5.74, 6) is 1.19. The van der Waals surface area contributed by atoms with Crippen molar-refractivity contribution in [1.82, 2.24) is 5.32 Å². The van der Waals surface area contributed by atoms with E-state index in [1.165, 1.54) is 11.8 Å². The molecule has 0 radical (unpaired) electrons. The van der Waals surface area contributed by atoms with Crippen LogP contribution in [-0.2, 0) is 4.79 Å². The second-order valence-electron chi connectivity index (χ2n) is 4.03. The van der Waals surface area contributed by atoms with Crippen LogP contribution >= 0.6 is 39.9 Å². The number of thiocarbonyl (C=S) groups is 1. The Morgan fingerprint density at radius 2 is 2.05 bits per heavy atom. The smallest absolute Gasteiger partial charge is 0.263 e. The van der Waals surface area contributed by atoms with Gasteiger partial charge in [-0.3, -0.25) is 4.79 Å². The van der Waals surface area contributed by atoms with E-state index in [4.69, 9.17) is 16.6 Å². The molecule has 1 saturated heterocycles. The number of hydrogen-bond donors (Lipinski definition) is 1. The van der Waals surface area contributed by atoms with Gasteiger partial charge in [-0.2, -0.15) is 0 Å². The first-order valence-electron chi connectivity index (χ1n) is 5.73. The summed E-state index contributed by atoms with van der Waals surface area (Å²) in [4.78, 5) is 12.1. The molecule has 0 aliphatic carbocycles. The van der Waals surface area contributed by atoms with Gasteiger partial charge in [-0.1, -0.05) is 58.1 Å². The summed E-state index contributed by atoms with van der Waals surface area (Å²) in [5.41, 5.74) is 0.969. The van der Waals surface area contributed by atoms with Gasteiger partial charge in [0.05, 0.1) is 4.91 Å². The number of rotatable bonds is 2. The van der Waals surface area contributed by atoms with E-state index in [0.29, 0.717) is 15.0 Å². The van der Waals surface area contributed by atoms with Gasteiger partial charge in [0, 0.05) is 16.1 Å². The largest absolute Gasteiger partial charge is 0.457 e. The van der Waals surface area contributed by atoms with E-state index in [0.717, 1.165) is 15.8 Å². The predicted molar refractivity (Wildman–Crippen MR) is 88.2 cm³/mol. The van der Waals surface area contributed by atoms with Gasteiger partial charge in [0.25, 0.3) is 5.91 Å². The zero-order chi connectivity index (χ0) is 14.1. The Morgan fingerprint density at radius 3 is 2.75 bits per heavy atom. The van der Waals surface area contributed by atoms with Crippen LogP contribution in [0.5, 0.6) is 0 Å². The summed E-state index contributed by atoms with van der Waals surface area (Å²) in [6, 6.07) is 11.5. The molecule has 0 saturated carbocycles. The molecule has 1 aromatic carbocycles. The fourth-order valence-corrected chi connectivity index (χ4v) is 3.29. The summed E-state index contributed by atoms with van der Waals surface area (Å²) < 4.78 is 7.19. The number of carbonyl (C=O) groups is 1. The minimum absolute atomic E-state index is 0.182. The maximum Gasteiger partial charge on any atom is 0.263 e. The van der Waals surface area contributed by atoms with Crippen LogP contribution in [0.15, 0.2) is 50.2 Å². The summed E-state index contributed by atoms with van der Waals surface area (Å²) in [6.45, 7) is 0. The molecule has 6 heteroatoms. The predicted octanol–water partition coefficient (Wildman–Crippen LogP) is 4.20. The van der Waals surface area contributed by atoms with Crippen LogP contribution < -0.4 is 5.32 Å². The van der Waals surface area contributed by atoms with E-state index >= 15 is 0 Å². The van der Waals surface area contributed by atoms with Crippen molar-refractivity contribution in [3.05, 3.63) is 51.5 Å². The topological polar surface area (TPSA) is 42.2 Å². The van der Waals surface area contributed by atoms with Crippen molar-refractivity contribution in [3.63, 3.8) is 0 Å². The SMILES string of the molecule is O=C1NC(=S)S/C1=C\c1ccc(-c2ccccc2Br)o1. The molecule has 2 aromatic rings. The third-order valence-corrected chi connectivity index (χ3v) is 4.54. The zero-order valence-corrected chi connectivity index (χ0v) is 13.3. The van der Waals surface area contributed by atoms with Crippen molar-refractivity contribution >= 4 is 56.2 Å². The lowest BCUT2D eigenvalue weighted by Gasteiger charge is -1.99. The number of halogens is 1. The highest BCUT2D eigenvalue weighted by atomic mass is 79.9. The molecule has 1 fully saturated rings. The van der Waals surface area contributed by atoms with Gasteiger partial charge in [0.2, 0.25) is 0 Å². The van der Waals surface area contributed by atoms with Gasteiger partial charge in [-0.05, 0) is 18.2 Å². The number of amides is 1. The maximum atomic E-state index is 11.6.